The van der Waals surface area contributed by atoms with Crippen LogP contribution in [0.3, 0.4) is 0 Å². The van der Waals surface area contributed by atoms with Gasteiger partial charge in [0.05, 0.1) is 48.9 Å². The number of nitrogens with two attached hydrogens (primary N) is 1. The second-order valence-electron chi connectivity index (χ2n) is 15.5. The van der Waals surface area contributed by atoms with E-state index in [1.165, 1.54) is 115 Å². The van der Waals surface area contributed by atoms with Crippen LogP contribution in [0.2, 0.25) is 0 Å². The molecule has 1 unspecified atom stereocenters. The van der Waals surface area contributed by atoms with Crippen LogP contribution in [0.1, 0.15) is 172 Å². The normalized spacial score (nSPS) is 18.8. The minimum absolute atomic E-state index is 0.0361. The molecule has 3 N–H and O–H groups in total. The van der Waals surface area contributed by atoms with E-state index in [0.717, 1.165) is 25.0 Å². The molecule has 1 aliphatic heterocycles. The Morgan fingerprint density at radius 1 is 0.982 bits per heavy atom. The Hall–Kier alpha value is -2.91. The number of nitrogens with zero attached hydrogens (tertiary/aromatic N) is 4. The van der Waals surface area contributed by atoms with E-state index in [4.69, 9.17) is 24.3 Å². The van der Waals surface area contributed by atoms with Crippen LogP contribution in [0.5, 0.6) is 0 Å². The van der Waals surface area contributed by atoms with Gasteiger partial charge in [0.1, 0.15) is 23.8 Å². The van der Waals surface area contributed by atoms with Crippen molar-refractivity contribution in [3.63, 3.8) is 0 Å². The summed E-state index contributed by atoms with van der Waals surface area (Å²) in [4.78, 5) is 14.7. The number of ether oxygens (including phenoxy) is 2. The summed E-state index contributed by atoms with van der Waals surface area (Å²) < 4.78 is 52.1. The van der Waals surface area contributed by atoms with Crippen molar-refractivity contribution in [1.29, 1.82) is 5.26 Å². The van der Waals surface area contributed by atoms with Gasteiger partial charge in [-0.25, -0.2) is 18.5 Å². The molecule has 3 heterocycles. The molecule has 1 aromatic carbocycles. The van der Waals surface area contributed by atoms with Crippen LogP contribution in [0.25, 0.3) is 5.52 Å². The summed E-state index contributed by atoms with van der Waals surface area (Å²) >= 11 is 0. The molecule has 55 heavy (non-hydrogen) atoms. The fourth-order valence-corrected chi connectivity index (χ4v) is 8.23. The molecule has 0 spiro atoms. The number of rotatable bonds is 29. The van der Waals surface area contributed by atoms with Gasteiger partial charge in [0.15, 0.2) is 5.82 Å². The molecule has 0 aliphatic carbocycles. The van der Waals surface area contributed by atoms with Crippen LogP contribution in [-0.2, 0) is 29.7 Å². The van der Waals surface area contributed by atoms with Gasteiger partial charge in [0.25, 0.3) is 0 Å². The third-order valence-corrected chi connectivity index (χ3v) is 11.5. The third kappa shape index (κ3) is 16.2. The SMILES string of the molecule is CCCCCCCCCCCCCCCCCCCC[C@@H](COP(=O)(O)OC[C@]1(C)CC[C@H](c2ccc3c(N)ncnn23)O1)OCc1cc(F)cc(C#N)c1. The molecule has 1 saturated heterocycles. The molecule has 0 bridgehead atoms. The Kier molecular flexibility index (Phi) is 19.5. The first kappa shape index (κ1) is 44.8. The number of halogens is 1. The van der Waals surface area contributed by atoms with Crippen molar-refractivity contribution < 1.29 is 32.4 Å². The summed E-state index contributed by atoms with van der Waals surface area (Å²) in [6, 6.07) is 9.76. The summed E-state index contributed by atoms with van der Waals surface area (Å²) in [5.41, 5.74) is 7.37. The monoisotopic (exact) mass is 785 g/mol. The van der Waals surface area contributed by atoms with Crippen LogP contribution in [0, 0.1) is 17.1 Å². The third-order valence-electron chi connectivity index (χ3n) is 10.6. The zero-order chi connectivity index (χ0) is 39.4. The lowest BCUT2D eigenvalue weighted by Gasteiger charge is -2.26. The lowest BCUT2D eigenvalue weighted by molar-refractivity contribution is -0.0663. The van der Waals surface area contributed by atoms with Gasteiger partial charge in [-0.1, -0.05) is 122 Å². The summed E-state index contributed by atoms with van der Waals surface area (Å²) in [7, 11) is -4.47. The van der Waals surface area contributed by atoms with E-state index in [2.05, 4.69) is 17.0 Å². The number of phosphoric ester groups is 1. The number of aromatic nitrogens is 3. The van der Waals surface area contributed by atoms with Crippen molar-refractivity contribution in [3.05, 3.63) is 59.3 Å². The molecule has 2 aromatic heterocycles. The largest absolute Gasteiger partial charge is 0.472 e. The molecule has 3 aromatic rings. The Bertz CT molecular complexity index is 1650. The highest BCUT2D eigenvalue weighted by atomic mass is 31.2. The first-order valence-electron chi connectivity index (χ1n) is 20.8. The maximum absolute atomic E-state index is 14.1. The summed E-state index contributed by atoms with van der Waals surface area (Å²) in [6.45, 7) is 3.82. The number of benzene rings is 1. The molecule has 13 heteroatoms. The van der Waals surface area contributed by atoms with Crippen LogP contribution in [0.15, 0.2) is 36.7 Å². The van der Waals surface area contributed by atoms with E-state index >= 15 is 0 Å². The smallest absolute Gasteiger partial charge is 0.382 e. The predicted octanol–water partition coefficient (Wildman–Crippen LogP) is 11.1. The molecule has 1 aliphatic rings. The number of nitriles is 1. The number of hydrogen-bond donors (Lipinski definition) is 2. The first-order chi connectivity index (χ1) is 26.6. The van der Waals surface area contributed by atoms with Crippen molar-refractivity contribution in [1.82, 2.24) is 14.6 Å². The van der Waals surface area contributed by atoms with Gasteiger partial charge in [0, 0.05) is 0 Å². The number of phosphoric acid groups is 1. The standard InChI is InChI=1S/C42H65FN5O6P/c1-3-4-5-6-7-8-9-10-11-12-13-14-15-16-17-18-19-20-21-37(51-30-35-26-34(29-44)27-36(43)28-35)31-52-55(49,50)53-32-42(2)25-24-40(54-42)38-22-23-39-41(45)46-33-47-48(38)39/h22-23,26-28,33,37,40H,3-21,24-25,30-32H2,1-2H3,(H,49,50)(H2,45,46,47)/t37-,40+,42-/m0/s1. The van der Waals surface area contributed by atoms with Gasteiger partial charge < -0.3 is 20.1 Å². The maximum atomic E-state index is 14.1. The molecule has 4 rings (SSSR count). The average molecular weight is 786 g/mol. The van der Waals surface area contributed by atoms with E-state index in [1.54, 1.807) is 10.6 Å². The zero-order valence-corrected chi connectivity index (χ0v) is 34.2. The highest BCUT2D eigenvalue weighted by Gasteiger charge is 2.40. The molecular formula is C42H65FN5O6P. The number of fused-ring (bicyclic) bond motifs is 1. The van der Waals surface area contributed by atoms with Crippen LogP contribution < -0.4 is 5.73 Å². The lowest BCUT2D eigenvalue weighted by Crippen LogP contribution is -2.30. The predicted molar refractivity (Wildman–Crippen MR) is 214 cm³/mol. The summed E-state index contributed by atoms with van der Waals surface area (Å²) in [6.07, 6.45) is 25.5. The van der Waals surface area contributed by atoms with Crippen LogP contribution in [-0.4, -0.2) is 44.4 Å². The molecule has 0 saturated carbocycles. The lowest BCUT2D eigenvalue weighted by atomic mass is 10.0. The molecule has 1 fully saturated rings. The van der Waals surface area contributed by atoms with Crippen LogP contribution in [0.4, 0.5) is 10.2 Å². The van der Waals surface area contributed by atoms with Crippen molar-refractivity contribution in [2.75, 3.05) is 18.9 Å². The molecule has 0 amide bonds. The second kappa shape index (κ2) is 24.0. The van der Waals surface area contributed by atoms with Gasteiger partial charge in [-0.2, -0.15) is 10.4 Å². The molecule has 4 atom stereocenters. The van der Waals surface area contributed by atoms with Gasteiger partial charge in [-0.05, 0) is 62.1 Å². The summed E-state index contributed by atoms with van der Waals surface area (Å²) in [5.74, 6) is -0.149. The molecule has 11 nitrogen and oxygen atoms in total. The van der Waals surface area contributed by atoms with E-state index in [1.807, 2.05) is 25.1 Å². The van der Waals surface area contributed by atoms with E-state index < -0.39 is 25.3 Å². The Balaban J connectivity index is 1.14. The minimum Gasteiger partial charge on any atom is -0.382 e. The van der Waals surface area contributed by atoms with Gasteiger partial charge in [-0.15, -0.1) is 0 Å². The maximum Gasteiger partial charge on any atom is 0.472 e. The topological polar surface area (TPSA) is 154 Å². The van der Waals surface area contributed by atoms with E-state index in [-0.39, 0.29) is 31.5 Å². The Labute approximate surface area is 328 Å². The Morgan fingerprint density at radius 2 is 1.60 bits per heavy atom. The van der Waals surface area contributed by atoms with Crippen molar-refractivity contribution in [2.45, 2.75) is 173 Å². The van der Waals surface area contributed by atoms with E-state index in [9.17, 15) is 19.1 Å². The molecule has 0 radical (unpaired) electrons. The molecular weight excluding hydrogens is 720 g/mol. The van der Waals surface area contributed by atoms with Crippen molar-refractivity contribution >= 4 is 19.2 Å². The quantitative estimate of drug-likeness (QED) is 0.0513. The average Bonchev–Trinajstić information content (AvgIpc) is 3.79. The highest BCUT2D eigenvalue weighted by Crippen LogP contribution is 2.47. The fourth-order valence-electron chi connectivity index (χ4n) is 7.36. The number of hydrogen-bond acceptors (Lipinski definition) is 9. The fraction of sp³-hybridized carbons (Fsp3) is 0.690. The number of unbranched alkanes of at least 4 members (excludes halogenated alkanes) is 17. The van der Waals surface area contributed by atoms with Crippen molar-refractivity contribution in [2.24, 2.45) is 0 Å². The number of anilines is 1. The van der Waals surface area contributed by atoms with Crippen molar-refractivity contribution in [3.8, 4) is 6.07 Å². The summed E-state index contributed by atoms with van der Waals surface area (Å²) in [5, 5.41) is 13.6. The van der Waals surface area contributed by atoms with Gasteiger partial charge >= 0.3 is 7.82 Å². The van der Waals surface area contributed by atoms with E-state index in [0.29, 0.717) is 36.2 Å². The minimum atomic E-state index is -4.47. The molecule has 306 valence electrons. The highest BCUT2D eigenvalue weighted by molar-refractivity contribution is 7.47. The Morgan fingerprint density at radius 3 is 2.22 bits per heavy atom. The van der Waals surface area contributed by atoms with Crippen LogP contribution >= 0.6 is 7.82 Å². The first-order valence-corrected chi connectivity index (χ1v) is 22.3. The zero-order valence-electron chi connectivity index (χ0n) is 33.3. The number of nitrogen functional groups attached to an aromatic ring is 1. The second-order valence-corrected chi connectivity index (χ2v) is 17.0. The van der Waals surface area contributed by atoms with Gasteiger partial charge in [0.2, 0.25) is 0 Å². The van der Waals surface area contributed by atoms with Gasteiger partial charge in [-0.3, -0.25) is 9.05 Å².